The third-order valence-electron chi connectivity index (χ3n) is 3.96. The van der Waals surface area contributed by atoms with Gasteiger partial charge in [0.15, 0.2) is 0 Å². The quantitative estimate of drug-likeness (QED) is 0.669. The smallest absolute Gasteiger partial charge is 0.257 e. The van der Waals surface area contributed by atoms with Crippen LogP contribution in [0.4, 0.5) is 11.4 Å². The van der Waals surface area contributed by atoms with E-state index in [9.17, 15) is 9.59 Å². The van der Waals surface area contributed by atoms with E-state index in [4.69, 9.17) is 10.00 Å². The van der Waals surface area contributed by atoms with Crippen molar-refractivity contribution in [3.63, 3.8) is 0 Å². The first-order valence-corrected chi connectivity index (χ1v) is 8.90. The fourth-order valence-electron chi connectivity index (χ4n) is 2.52. The molecule has 0 saturated carbocycles. The molecule has 0 aliphatic rings. The molecule has 2 amide bonds. The third-order valence-corrected chi connectivity index (χ3v) is 3.96. The Labute approximate surface area is 168 Å². The van der Waals surface area contributed by atoms with Crippen molar-refractivity contribution >= 4 is 23.2 Å². The maximum Gasteiger partial charge on any atom is 0.257 e. The van der Waals surface area contributed by atoms with Gasteiger partial charge in [0, 0.05) is 23.8 Å². The van der Waals surface area contributed by atoms with Crippen molar-refractivity contribution < 1.29 is 14.3 Å². The average Bonchev–Trinajstić information content (AvgIpc) is 2.76. The lowest BCUT2D eigenvalue weighted by Crippen LogP contribution is -2.16. The lowest BCUT2D eigenvalue weighted by Gasteiger charge is -2.09. The summed E-state index contributed by atoms with van der Waals surface area (Å²) in [7, 11) is 0. The van der Waals surface area contributed by atoms with Gasteiger partial charge in [-0.1, -0.05) is 0 Å². The highest BCUT2D eigenvalue weighted by Crippen LogP contribution is 2.17. The molecule has 1 aromatic heterocycles. The highest BCUT2D eigenvalue weighted by Gasteiger charge is 2.12. The molecule has 2 aromatic carbocycles. The summed E-state index contributed by atoms with van der Waals surface area (Å²) in [4.78, 5) is 28.9. The van der Waals surface area contributed by atoms with Gasteiger partial charge < -0.3 is 15.4 Å². The first-order chi connectivity index (χ1) is 14.1. The number of anilines is 2. The van der Waals surface area contributed by atoms with Crippen LogP contribution in [0.1, 0.15) is 33.2 Å². The Morgan fingerprint density at radius 1 is 0.931 bits per heavy atom. The molecule has 7 heteroatoms. The molecule has 2 N–H and O–H groups in total. The molecule has 0 aliphatic heterocycles. The molecular formula is C22H18N4O3. The maximum atomic E-state index is 12.5. The zero-order chi connectivity index (χ0) is 20.6. The van der Waals surface area contributed by atoms with Crippen LogP contribution in [0.25, 0.3) is 0 Å². The van der Waals surface area contributed by atoms with Gasteiger partial charge in [0.1, 0.15) is 5.75 Å². The Bertz CT molecular complexity index is 1050. The molecule has 144 valence electrons. The Morgan fingerprint density at radius 2 is 1.45 bits per heavy atom. The molecule has 1 heterocycles. The largest absolute Gasteiger partial charge is 0.494 e. The molecular weight excluding hydrogens is 368 g/mol. The van der Waals surface area contributed by atoms with Gasteiger partial charge in [0.05, 0.1) is 29.4 Å². The van der Waals surface area contributed by atoms with E-state index in [1.165, 1.54) is 18.5 Å². The molecule has 7 nitrogen and oxygen atoms in total. The topological polar surface area (TPSA) is 104 Å². The van der Waals surface area contributed by atoms with Gasteiger partial charge in [-0.25, -0.2) is 0 Å². The minimum Gasteiger partial charge on any atom is -0.494 e. The van der Waals surface area contributed by atoms with E-state index in [1.807, 2.05) is 13.0 Å². The lowest BCUT2D eigenvalue weighted by molar-refractivity contribution is 0.102. The van der Waals surface area contributed by atoms with Crippen molar-refractivity contribution in [2.45, 2.75) is 6.92 Å². The summed E-state index contributed by atoms with van der Waals surface area (Å²) in [5, 5.41) is 14.3. The SMILES string of the molecule is CCOc1ccc(NC(=O)c2cncc(C(=O)Nc3ccc(C#N)cc3)c2)cc1. The number of carbonyl (C=O) groups excluding carboxylic acids is 2. The van der Waals surface area contributed by atoms with Gasteiger partial charge in [0.2, 0.25) is 0 Å². The maximum absolute atomic E-state index is 12.5. The molecule has 3 aromatic rings. The first-order valence-electron chi connectivity index (χ1n) is 8.90. The van der Waals surface area contributed by atoms with E-state index < -0.39 is 5.91 Å². The number of benzene rings is 2. The van der Waals surface area contributed by atoms with Gasteiger partial charge in [0.25, 0.3) is 11.8 Å². The number of aromatic nitrogens is 1. The van der Waals surface area contributed by atoms with Gasteiger partial charge in [-0.3, -0.25) is 14.6 Å². The zero-order valence-corrected chi connectivity index (χ0v) is 15.7. The monoisotopic (exact) mass is 386 g/mol. The van der Waals surface area contributed by atoms with Crippen LogP contribution >= 0.6 is 0 Å². The number of ether oxygens (including phenoxy) is 1. The molecule has 0 fully saturated rings. The average molecular weight is 386 g/mol. The summed E-state index contributed by atoms with van der Waals surface area (Å²) in [5.41, 5.74) is 2.14. The van der Waals surface area contributed by atoms with Crippen molar-refractivity contribution in [2.75, 3.05) is 17.2 Å². The number of hydrogen-bond donors (Lipinski definition) is 2. The summed E-state index contributed by atoms with van der Waals surface area (Å²) in [6, 6.07) is 16.9. The molecule has 0 saturated heterocycles. The first kappa shape index (κ1) is 19.6. The van der Waals surface area contributed by atoms with Gasteiger partial charge in [-0.2, -0.15) is 5.26 Å². The number of carbonyl (C=O) groups is 2. The molecule has 0 bridgehead atoms. The van der Waals surface area contributed by atoms with Crippen LogP contribution < -0.4 is 15.4 Å². The molecule has 3 rings (SSSR count). The van der Waals surface area contributed by atoms with E-state index in [-0.39, 0.29) is 17.0 Å². The highest BCUT2D eigenvalue weighted by atomic mass is 16.5. The second-order valence-electron chi connectivity index (χ2n) is 6.02. The molecule has 0 aliphatic carbocycles. The fraction of sp³-hybridized carbons (Fsp3) is 0.0909. The molecule has 0 radical (unpaired) electrons. The van der Waals surface area contributed by atoms with E-state index >= 15 is 0 Å². The standard InChI is InChI=1S/C22H18N4O3/c1-2-29-20-9-7-19(8-10-20)26-22(28)17-11-16(13-24-14-17)21(27)25-18-5-3-15(12-23)4-6-18/h3-11,13-14H,2H2,1H3,(H,25,27)(H,26,28). The van der Waals surface area contributed by atoms with E-state index in [2.05, 4.69) is 15.6 Å². The lowest BCUT2D eigenvalue weighted by atomic mass is 10.1. The number of nitrogens with zero attached hydrogens (tertiary/aromatic N) is 2. The summed E-state index contributed by atoms with van der Waals surface area (Å²) >= 11 is 0. The number of nitrogens with one attached hydrogen (secondary N) is 2. The predicted molar refractivity (Wildman–Crippen MR) is 109 cm³/mol. The second-order valence-corrected chi connectivity index (χ2v) is 6.02. The minimum atomic E-state index is -0.405. The summed E-state index contributed by atoms with van der Waals surface area (Å²) in [5.74, 6) is -0.0683. The van der Waals surface area contributed by atoms with Crippen LogP contribution in [0.2, 0.25) is 0 Å². The number of pyridine rings is 1. The third kappa shape index (κ3) is 5.17. The predicted octanol–water partition coefficient (Wildman–Crippen LogP) is 3.86. The van der Waals surface area contributed by atoms with E-state index in [0.717, 1.165) is 0 Å². The molecule has 0 unspecified atom stereocenters. The van der Waals surface area contributed by atoms with Gasteiger partial charge in [-0.05, 0) is 61.5 Å². The number of amides is 2. The van der Waals surface area contributed by atoms with Crippen LogP contribution in [-0.2, 0) is 0 Å². The summed E-state index contributed by atoms with van der Waals surface area (Å²) in [6.45, 7) is 2.46. The van der Waals surface area contributed by atoms with Gasteiger partial charge in [-0.15, -0.1) is 0 Å². The van der Waals surface area contributed by atoms with Crippen molar-refractivity contribution in [1.29, 1.82) is 5.26 Å². The Hall–Kier alpha value is -4.18. The Kier molecular flexibility index (Phi) is 6.18. The van der Waals surface area contributed by atoms with Crippen LogP contribution in [0, 0.1) is 11.3 Å². The summed E-state index contributed by atoms with van der Waals surface area (Å²) < 4.78 is 5.37. The van der Waals surface area contributed by atoms with Crippen LogP contribution in [0.3, 0.4) is 0 Å². The minimum absolute atomic E-state index is 0.244. The van der Waals surface area contributed by atoms with Crippen LogP contribution in [-0.4, -0.2) is 23.4 Å². The van der Waals surface area contributed by atoms with Crippen molar-refractivity contribution in [3.8, 4) is 11.8 Å². The molecule has 29 heavy (non-hydrogen) atoms. The van der Waals surface area contributed by atoms with Crippen molar-refractivity contribution in [1.82, 2.24) is 4.98 Å². The van der Waals surface area contributed by atoms with Crippen LogP contribution in [0.5, 0.6) is 5.75 Å². The fourth-order valence-corrected chi connectivity index (χ4v) is 2.52. The molecule has 0 spiro atoms. The zero-order valence-electron chi connectivity index (χ0n) is 15.7. The number of nitriles is 1. The van der Waals surface area contributed by atoms with E-state index in [1.54, 1.807) is 48.5 Å². The summed E-state index contributed by atoms with van der Waals surface area (Å²) in [6.07, 6.45) is 2.77. The normalized spacial score (nSPS) is 9.93. The van der Waals surface area contributed by atoms with Crippen molar-refractivity contribution in [2.24, 2.45) is 0 Å². The van der Waals surface area contributed by atoms with E-state index in [0.29, 0.717) is 29.3 Å². The van der Waals surface area contributed by atoms with Gasteiger partial charge >= 0.3 is 0 Å². The highest BCUT2D eigenvalue weighted by molar-refractivity contribution is 6.08. The second kappa shape index (κ2) is 9.15. The van der Waals surface area contributed by atoms with Crippen molar-refractivity contribution in [3.05, 3.63) is 83.7 Å². The Balaban J connectivity index is 1.68. The molecule has 0 atom stereocenters. The number of hydrogen-bond acceptors (Lipinski definition) is 5. The van der Waals surface area contributed by atoms with Crippen LogP contribution in [0.15, 0.2) is 67.0 Å². The Morgan fingerprint density at radius 3 is 1.93 bits per heavy atom. The number of rotatable bonds is 6.